The molecule has 4 nitrogen and oxygen atoms in total. The van der Waals surface area contributed by atoms with Crippen molar-refractivity contribution in [3.05, 3.63) is 50.6 Å². The van der Waals surface area contributed by atoms with Crippen molar-refractivity contribution in [1.82, 2.24) is 10.3 Å². The van der Waals surface area contributed by atoms with Crippen LogP contribution in [-0.4, -0.2) is 11.5 Å². The van der Waals surface area contributed by atoms with E-state index >= 15 is 0 Å². The number of aryl methyl sites for hydroxylation is 1. The molecule has 1 aromatic heterocycles. The van der Waals surface area contributed by atoms with E-state index in [0.717, 1.165) is 30.8 Å². The molecule has 4 N–H and O–H groups in total. The average Bonchev–Trinajstić information content (AvgIpc) is 2.77. The monoisotopic (exact) mass is 263 g/mol. The lowest BCUT2D eigenvalue weighted by molar-refractivity contribution is 0.642. The van der Waals surface area contributed by atoms with Gasteiger partial charge >= 0.3 is 4.87 Å². The maximum atomic E-state index is 10.9. The number of para-hydroxylation sites is 1. The summed E-state index contributed by atoms with van der Waals surface area (Å²) in [5.41, 5.74) is 8.88. The van der Waals surface area contributed by atoms with Gasteiger partial charge in [-0.25, -0.2) is 0 Å². The van der Waals surface area contributed by atoms with Crippen molar-refractivity contribution >= 4 is 17.0 Å². The number of hydrogen-bond donors (Lipinski definition) is 3. The standard InChI is InChI=1S/C13H17N3OS/c14-12-6-2-1-4-10(12)5-3-7-15-8-11-9-18-13(17)16-11/h1-2,4,6,9,15H,3,5,7-8,14H2,(H,16,17). The SMILES string of the molecule is Nc1ccccc1CCCNCc1csc(=O)[nH]1. The fourth-order valence-electron chi connectivity index (χ4n) is 1.79. The van der Waals surface area contributed by atoms with E-state index in [2.05, 4.69) is 16.4 Å². The summed E-state index contributed by atoms with van der Waals surface area (Å²) in [6.45, 7) is 1.62. The summed E-state index contributed by atoms with van der Waals surface area (Å²) in [6.07, 6.45) is 2.00. The highest BCUT2D eigenvalue weighted by Crippen LogP contribution is 2.12. The van der Waals surface area contributed by atoms with Crippen LogP contribution in [0.15, 0.2) is 34.4 Å². The number of nitrogen functional groups attached to an aromatic ring is 1. The molecule has 0 saturated heterocycles. The number of aromatic amines is 1. The van der Waals surface area contributed by atoms with Gasteiger partial charge in [0.1, 0.15) is 0 Å². The first-order valence-corrected chi connectivity index (χ1v) is 6.84. The second-order valence-corrected chi connectivity index (χ2v) is 4.99. The van der Waals surface area contributed by atoms with E-state index in [1.807, 2.05) is 23.6 Å². The van der Waals surface area contributed by atoms with Crippen LogP contribution in [0.25, 0.3) is 0 Å². The van der Waals surface area contributed by atoms with E-state index in [-0.39, 0.29) is 4.87 Å². The van der Waals surface area contributed by atoms with Gasteiger partial charge < -0.3 is 16.0 Å². The van der Waals surface area contributed by atoms with Crippen LogP contribution in [0, 0.1) is 0 Å². The van der Waals surface area contributed by atoms with Crippen LogP contribution in [0.2, 0.25) is 0 Å². The highest BCUT2D eigenvalue weighted by Gasteiger charge is 1.98. The number of H-pyrrole nitrogens is 1. The molecule has 1 heterocycles. The van der Waals surface area contributed by atoms with Gasteiger partial charge in [0.05, 0.1) is 0 Å². The Bertz CT molecular complexity index is 547. The molecule has 0 aliphatic heterocycles. The first kappa shape index (κ1) is 12.9. The lowest BCUT2D eigenvalue weighted by Crippen LogP contribution is -2.16. The Balaban J connectivity index is 1.67. The molecule has 2 aromatic rings. The maximum absolute atomic E-state index is 10.9. The predicted octanol–water partition coefficient (Wildman–Crippen LogP) is 1.74. The van der Waals surface area contributed by atoms with Gasteiger partial charge in [0, 0.05) is 23.3 Å². The first-order chi connectivity index (χ1) is 8.75. The van der Waals surface area contributed by atoms with E-state index in [0.29, 0.717) is 6.54 Å². The number of aromatic nitrogens is 1. The molecule has 0 radical (unpaired) electrons. The lowest BCUT2D eigenvalue weighted by atomic mass is 10.1. The largest absolute Gasteiger partial charge is 0.399 e. The number of rotatable bonds is 6. The Labute approximate surface area is 110 Å². The zero-order valence-corrected chi connectivity index (χ0v) is 10.9. The normalized spacial score (nSPS) is 10.7. The summed E-state index contributed by atoms with van der Waals surface area (Å²) >= 11 is 1.20. The summed E-state index contributed by atoms with van der Waals surface area (Å²) in [4.78, 5) is 13.7. The lowest BCUT2D eigenvalue weighted by Gasteiger charge is -2.06. The van der Waals surface area contributed by atoms with Gasteiger partial charge in [0.2, 0.25) is 0 Å². The molecule has 18 heavy (non-hydrogen) atoms. The highest BCUT2D eigenvalue weighted by molar-refractivity contribution is 7.07. The van der Waals surface area contributed by atoms with Crippen molar-refractivity contribution in [2.45, 2.75) is 19.4 Å². The van der Waals surface area contributed by atoms with Gasteiger partial charge in [0.15, 0.2) is 0 Å². The van der Waals surface area contributed by atoms with Crippen molar-refractivity contribution < 1.29 is 0 Å². The number of hydrogen-bond acceptors (Lipinski definition) is 4. The smallest absolute Gasteiger partial charge is 0.304 e. The molecule has 2 rings (SSSR count). The molecule has 0 atom stereocenters. The van der Waals surface area contributed by atoms with Crippen LogP contribution in [0.4, 0.5) is 5.69 Å². The van der Waals surface area contributed by atoms with Gasteiger partial charge in [-0.15, -0.1) is 0 Å². The third kappa shape index (κ3) is 3.72. The molecule has 5 heteroatoms. The molecule has 0 aliphatic carbocycles. The second kappa shape index (κ2) is 6.37. The quantitative estimate of drug-likeness (QED) is 0.549. The minimum atomic E-state index is 0.00357. The molecule has 0 amide bonds. The van der Waals surface area contributed by atoms with Crippen molar-refractivity contribution in [2.75, 3.05) is 12.3 Å². The van der Waals surface area contributed by atoms with Crippen LogP contribution < -0.4 is 15.9 Å². The van der Waals surface area contributed by atoms with E-state index in [1.165, 1.54) is 16.9 Å². The van der Waals surface area contributed by atoms with E-state index in [1.54, 1.807) is 0 Å². The van der Waals surface area contributed by atoms with Gasteiger partial charge in [-0.1, -0.05) is 29.5 Å². The first-order valence-electron chi connectivity index (χ1n) is 5.96. The molecular formula is C13H17N3OS. The van der Waals surface area contributed by atoms with E-state index < -0.39 is 0 Å². The molecule has 1 aromatic carbocycles. The number of thiazole rings is 1. The second-order valence-electron chi connectivity index (χ2n) is 4.15. The van der Waals surface area contributed by atoms with Gasteiger partial charge in [-0.05, 0) is 31.0 Å². The molecular weight excluding hydrogens is 246 g/mol. The van der Waals surface area contributed by atoms with Crippen molar-refractivity contribution in [3.8, 4) is 0 Å². The number of anilines is 1. The summed E-state index contributed by atoms with van der Waals surface area (Å²) in [5, 5.41) is 5.15. The number of nitrogens with one attached hydrogen (secondary N) is 2. The fraction of sp³-hybridized carbons (Fsp3) is 0.308. The van der Waals surface area contributed by atoms with Crippen molar-refractivity contribution in [1.29, 1.82) is 0 Å². The van der Waals surface area contributed by atoms with Gasteiger partial charge in [-0.3, -0.25) is 4.79 Å². The minimum Gasteiger partial charge on any atom is -0.399 e. The van der Waals surface area contributed by atoms with E-state index in [9.17, 15) is 4.79 Å². The predicted molar refractivity (Wildman–Crippen MR) is 75.8 cm³/mol. The Kier molecular flexibility index (Phi) is 4.55. The number of benzene rings is 1. The third-order valence-electron chi connectivity index (χ3n) is 2.74. The minimum absolute atomic E-state index is 0.00357. The summed E-state index contributed by atoms with van der Waals surface area (Å²) in [6, 6.07) is 7.95. The number of nitrogens with two attached hydrogens (primary N) is 1. The van der Waals surface area contributed by atoms with Crippen LogP contribution in [0.3, 0.4) is 0 Å². The summed E-state index contributed by atoms with van der Waals surface area (Å²) < 4.78 is 0. The molecule has 0 unspecified atom stereocenters. The molecule has 0 aliphatic rings. The maximum Gasteiger partial charge on any atom is 0.304 e. The molecule has 0 fully saturated rings. The molecule has 0 saturated carbocycles. The molecule has 0 spiro atoms. The zero-order chi connectivity index (χ0) is 12.8. The Morgan fingerprint density at radius 1 is 1.33 bits per heavy atom. The average molecular weight is 263 g/mol. The fourth-order valence-corrected chi connectivity index (χ4v) is 2.37. The Morgan fingerprint density at radius 2 is 2.17 bits per heavy atom. The van der Waals surface area contributed by atoms with Gasteiger partial charge in [-0.2, -0.15) is 0 Å². The molecule has 0 bridgehead atoms. The van der Waals surface area contributed by atoms with Crippen LogP contribution in [0.1, 0.15) is 17.7 Å². The summed E-state index contributed by atoms with van der Waals surface area (Å²) in [7, 11) is 0. The van der Waals surface area contributed by atoms with E-state index in [4.69, 9.17) is 5.73 Å². The zero-order valence-electron chi connectivity index (χ0n) is 10.1. The van der Waals surface area contributed by atoms with Gasteiger partial charge in [0.25, 0.3) is 0 Å². The highest BCUT2D eigenvalue weighted by atomic mass is 32.1. The van der Waals surface area contributed by atoms with Crippen LogP contribution in [0.5, 0.6) is 0 Å². The van der Waals surface area contributed by atoms with Crippen molar-refractivity contribution in [2.24, 2.45) is 0 Å². The summed E-state index contributed by atoms with van der Waals surface area (Å²) in [5.74, 6) is 0. The Hall–Kier alpha value is -1.59. The Morgan fingerprint density at radius 3 is 2.89 bits per heavy atom. The topological polar surface area (TPSA) is 70.9 Å². The third-order valence-corrected chi connectivity index (χ3v) is 3.46. The molecule has 96 valence electrons. The van der Waals surface area contributed by atoms with Crippen LogP contribution in [-0.2, 0) is 13.0 Å². The van der Waals surface area contributed by atoms with Crippen LogP contribution >= 0.6 is 11.3 Å². The van der Waals surface area contributed by atoms with Crippen molar-refractivity contribution in [3.63, 3.8) is 0 Å².